The Labute approximate surface area is 179 Å². The fraction of sp³-hybridized carbons (Fsp3) is 0.208. The molecule has 1 atom stereocenters. The van der Waals surface area contributed by atoms with Crippen molar-refractivity contribution in [2.45, 2.75) is 26.4 Å². The number of pyridine rings is 1. The zero-order chi connectivity index (χ0) is 22.0. The first-order valence-electron chi connectivity index (χ1n) is 9.97. The van der Waals surface area contributed by atoms with Gasteiger partial charge in [0.05, 0.1) is 24.4 Å². The van der Waals surface area contributed by atoms with E-state index in [1.54, 1.807) is 61.7 Å². The summed E-state index contributed by atoms with van der Waals surface area (Å²) < 4.78 is 11.3. The minimum atomic E-state index is -0.869. The molecule has 1 aliphatic heterocycles. The van der Waals surface area contributed by atoms with Crippen LogP contribution in [0.15, 0.2) is 70.8 Å². The minimum absolute atomic E-state index is 0.0241. The van der Waals surface area contributed by atoms with Crippen molar-refractivity contribution >= 4 is 17.4 Å². The maximum atomic E-state index is 13.0. The summed E-state index contributed by atoms with van der Waals surface area (Å²) in [5, 5.41) is 11.1. The highest BCUT2D eigenvalue weighted by molar-refractivity contribution is 6.46. The summed E-state index contributed by atoms with van der Waals surface area (Å²) in [5.41, 5.74) is 0.981. The van der Waals surface area contributed by atoms with Gasteiger partial charge in [-0.15, -0.1) is 0 Å². The Bertz CT molecular complexity index is 1150. The first kappa shape index (κ1) is 20.4. The zero-order valence-corrected chi connectivity index (χ0v) is 17.2. The molecule has 0 saturated carbocycles. The molecule has 4 rings (SSSR count). The van der Waals surface area contributed by atoms with E-state index in [2.05, 4.69) is 4.98 Å². The van der Waals surface area contributed by atoms with Gasteiger partial charge in [-0.25, -0.2) is 0 Å². The van der Waals surface area contributed by atoms with E-state index in [0.29, 0.717) is 35.1 Å². The number of carbonyl (C=O) groups is 2. The monoisotopic (exact) mass is 418 g/mol. The lowest BCUT2D eigenvalue weighted by atomic mass is 9.99. The second-order valence-electron chi connectivity index (χ2n) is 7.16. The Hall–Kier alpha value is -3.87. The summed E-state index contributed by atoms with van der Waals surface area (Å²) in [6.07, 6.45) is 1.62. The van der Waals surface area contributed by atoms with Gasteiger partial charge < -0.3 is 19.2 Å². The standard InChI is InChI=1S/C24H22N2O5/c1-3-30-18-9-6-7-16(13-18)22(27)20-21(19-11-10-15(2)31-19)26(24(29)23(20)28)14-17-8-4-5-12-25-17/h4-13,21,27H,3,14H2,1-2H3/b22-20-. The van der Waals surface area contributed by atoms with Crippen LogP contribution in [0.25, 0.3) is 5.76 Å². The molecule has 0 spiro atoms. The van der Waals surface area contributed by atoms with Crippen LogP contribution < -0.4 is 4.74 Å². The molecule has 1 aromatic carbocycles. The number of rotatable bonds is 6. The van der Waals surface area contributed by atoms with Crippen molar-refractivity contribution in [3.63, 3.8) is 0 Å². The number of Topliss-reactive ketones (excluding diaryl/α,β-unsaturated/α-hetero) is 1. The average molecular weight is 418 g/mol. The van der Waals surface area contributed by atoms with Crippen molar-refractivity contribution in [1.29, 1.82) is 0 Å². The quantitative estimate of drug-likeness (QED) is 0.369. The Morgan fingerprint density at radius 2 is 2.00 bits per heavy atom. The number of ether oxygens (including phenoxy) is 1. The largest absolute Gasteiger partial charge is 0.507 e. The molecule has 7 nitrogen and oxygen atoms in total. The number of aryl methyl sites for hydroxylation is 1. The summed E-state index contributed by atoms with van der Waals surface area (Å²) in [5.74, 6) is -0.171. The summed E-state index contributed by atoms with van der Waals surface area (Å²) in [6, 6.07) is 14.7. The molecule has 0 radical (unpaired) electrons. The third kappa shape index (κ3) is 3.94. The van der Waals surface area contributed by atoms with Gasteiger partial charge in [-0.2, -0.15) is 0 Å². The highest BCUT2D eigenvalue weighted by Crippen LogP contribution is 2.41. The maximum absolute atomic E-state index is 13.0. The van der Waals surface area contributed by atoms with Crippen LogP contribution >= 0.6 is 0 Å². The number of furan rings is 1. The molecule has 3 heterocycles. The number of carbonyl (C=O) groups excluding carboxylic acids is 2. The second-order valence-corrected chi connectivity index (χ2v) is 7.16. The summed E-state index contributed by atoms with van der Waals surface area (Å²) in [4.78, 5) is 31.6. The average Bonchev–Trinajstić information content (AvgIpc) is 3.31. The number of hydrogen-bond acceptors (Lipinski definition) is 6. The van der Waals surface area contributed by atoms with Gasteiger partial charge in [0, 0.05) is 11.8 Å². The van der Waals surface area contributed by atoms with Crippen molar-refractivity contribution in [2.24, 2.45) is 0 Å². The van der Waals surface area contributed by atoms with Crippen molar-refractivity contribution in [3.8, 4) is 5.75 Å². The number of aliphatic hydroxyl groups is 1. The molecule has 1 N–H and O–H groups in total. The van der Waals surface area contributed by atoms with Crippen LogP contribution in [0, 0.1) is 6.92 Å². The molecule has 0 aliphatic carbocycles. The summed E-state index contributed by atoms with van der Waals surface area (Å²) in [7, 11) is 0. The molecule has 7 heteroatoms. The number of benzene rings is 1. The maximum Gasteiger partial charge on any atom is 0.296 e. The van der Waals surface area contributed by atoms with Gasteiger partial charge in [-0.1, -0.05) is 18.2 Å². The van der Waals surface area contributed by atoms with E-state index in [1.165, 1.54) is 4.90 Å². The van der Waals surface area contributed by atoms with E-state index < -0.39 is 17.7 Å². The fourth-order valence-corrected chi connectivity index (χ4v) is 3.66. The van der Waals surface area contributed by atoms with Crippen LogP contribution in [-0.2, 0) is 16.1 Å². The number of aromatic nitrogens is 1. The number of likely N-dealkylation sites (tertiary alicyclic amines) is 1. The normalized spacial score (nSPS) is 17.9. The summed E-state index contributed by atoms with van der Waals surface area (Å²) >= 11 is 0. The van der Waals surface area contributed by atoms with Gasteiger partial charge in [0.2, 0.25) is 0 Å². The highest BCUT2D eigenvalue weighted by atomic mass is 16.5. The fourth-order valence-electron chi connectivity index (χ4n) is 3.66. The Morgan fingerprint density at radius 1 is 1.16 bits per heavy atom. The van der Waals surface area contributed by atoms with Crippen molar-refractivity contribution < 1.29 is 23.8 Å². The van der Waals surface area contributed by atoms with Crippen LogP contribution in [0.3, 0.4) is 0 Å². The SMILES string of the molecule is CCOc1cccc(/C(O)=C2/C(=O)C(=O)N(Cc3ccccn3)C2c2ccc(C)o2)c1. The van der Waals surface area contributed by atoms with Gasteiger partial charge in [0.1, 0.15) is 29.1 Å². The predicted molar refractivity (Wildman–Crippen MR) is 113 cm³/mol. The molecule has 31 heavy (non-hydrogen) atoms. The number of hydrogen-bond donors (Lipinski definition) is 1. The molecule has 2 aromatic heterocycles. The lowest BCUT2D eigenvalue weighted by molar-refractivity contribution is -0.140. The lowest BCUT2D eigenvalue weighted by Crippen LogP contribution is -2.29. The molecule has 1 fully saturated rings. The van der Waals surface area contributed by atoms with E-state index in [0.717, 1.165) is 0 Å². The lowest BCUT2D eigenvalue weighted by Gasteiger charge is -2.23. The van der Waals surface area contributed by atoms with E-state index >= 15 is 0 Å². The Balaban J connectivity index is 1.83. The smallest absolute Gasteiger partial charge is 0.296 e. The number of aliphatic hydroxyl groups excluding tert-OH is 1. The molecule has 0 bridgehead atoms. The van der Waals surface area contributed by atoms with Gasteiger partial charge in [-0.3, -0.25) is 14.6 Å². The molecule has 1 saturated heterocycles. The van der Waals surface area contributed by atoms with Gasteiger partial charge >= 0.3 is 0 Å². The van der Waals surface area contributed by atoms with Crippen LogP contribution in [0.4, 0.5) is 0 Å². The predicted octanol–water partition coefficient (Wildman–Crippen LogP) is 4.00. The van der Waals surface area contributed by atoms with Crippen molar-refractivity contribution in [3.05, 3.63) is 89.1 Å². The van der Waals surface area contributed by atoms with E-state index in [-0.39, 0.29) is 17.9 Å². The van der Waals surface area contributed by atoms with Crippen LogP contribution in [0.5, 0.6) is 5.75 Å². The van der Waals surface area contributed by atoms with Crippen molar-refractivity contribution in [2.75, 3.05) is 6.61 Å². The van der Waals surface area contributed by atoms with E-state index in [9.17, 15) is 14.7 Å². The van der Waals surface area contributed by atoms with Gasteiger partial charge in [-0.05, 0) is 50.2 Å². The molecule has 1 unspecified atom stereocenters. The zero-order valence-electron chi connectivity index (χ0n) is 17.2. The number of ketones is 1. The molecule has 1 aliphatic rings. The summed E-state index contributed by atoms with van der Waals surface area (Å²) in [6.45, 7) is 4.20. The highest BCUT2D eigenvalue weighted by Gasteiger charge is 2.47. The third-order valence-electron chi connectivity index (χ3n) is 5.05. The van der Waals surface area contributed by atoms with Crippen LogP contribution in [0.1, 0.15) is 35.7 Å². The Kier molecular flexibility index (Phi) is 5.58. The third-order valence-corrected chi connectivity index (χ3v) is 5.05. The Morgan fingerprint density at radius 3 is 2.68 bits per heavy atom. The van der Waals surface area contributed by atoms with Gasteiger partial charge in [0.15, 0.2) is 0 Å². The molecule has 3 aromatic rings. The number of amides is 1. The first-order valence-corrected chi connectivity index (χ1v) is 9.97. The molecule has 1 amide bonds. The van der Waals surface area contributed by atoms with Crippen LogP contribution in [0.2, 0.25) is 0 Å². The topological polar surface area (TPSA) is 92.9 Å². The molecule has 158 valence electrons. The van der Waals surface area contributed by atoms with Crippen LogP contribution in [-0.4, -0.2) is 33.3 Å². The van der Waals surface area contributed by atoms with Crippen molar-refractivity contribution in [1.82, 2.24) is 9.88 Å². The molecular formula is C24H22N2O5. The first-order chi connectivity index (χ1) is 15.0. The van der Waals surface area contributed by atoms with E-state index in [4.69, 9.17) is 9.15 Å². The van der Waals surface area contributed by atoms with E-state index in [1.807, 2.05) is 13.0 Å². The minimum Gasteiger partial charge on any atom is -0.507 e. The number of nitrogens with zero attached hydrogens (tertiary/aromatic N) is 2. The molecular weight excluding hydrogens is 396 g/mol. The second kappa shape index (κ2) is 8.47. The van der Waals surface area contributed by atoms with Gasteiger partial charge in [0.25, 0.3) is 11.7 Å².